The molecule has 0 aromatic carbocycles. The third kappa shape index (κ3) is 4.09. The van der Waals surface area contributed by atoms with Crippen molar-refractivity contribution in [3.8, 4) is 0 Å². The molecular weight excluding hydrogens is 216 g/mol. The summed E-state index contributed by atoms with van der Waals surface area (Å²) < 4.78 is 4.86. The predicted octanol–water partition coefficient (Wildman–Crippen LogP) is 0.546. The zero-order valence-electron chi connectivity index (χ0n) is 8.28. The maximum atomic E-state index is 11.3. The van der Waals surface area contributed by atoms with Crippen LogP contribution in [0.4, 0.5) is 0 Å². The Labute approximate surface area is 91.4 Å². The van der Waals surface area contributed by atoms with E-state index in [4.69, 9.17) is 4.74 Å². The Kier molecular flexibility index (Phi) is 4.79. The van der Waals surface area contributed by atoms with Gasteiger partial charge in [-0.05, 0) is 18.4 Å². The molecule has 1 rings (SSSR count). The monoisotopic (exact) mass is 228 g/mol. The van der Waals surface area contributed by atoms with E-state index in [9.17, 15) is 9.59 Å². The molecule has 0 radical (unpaired) electrons. The summed E-state index contributed by atoms with van der Waals surface area (Å²) in [6.45, 7) is 2.20. The summed E-state index contributed by atoms with van der Waals surface area (Å²) in [4.78, 5) is 22.9. The van der Waals surface area contributed by atoms with Crippen LogP contribution in [0.25, 0.3) is 0 Å². The number of carbonyl (C=O) groups is 2. The Morgan fingerprint density at radius 1 is 1.47 bits per heavy atom. The van der Waals surface area contributed by atoms with Crippen LogP contribution in [0.1, 0.15) is 16.6 Å². The van der Waals surface area contributed by atoms with Gasteiger partial charge in [-0.15, -0.1) is 11.3 Å². The molecule has 0 aliphatic heterocycles. The molecule has 0 bridgehead atoms. The predicted molar refractivity (Wildman–Crippen MR) is 56.4 cm³/mol. The molecule has 0 saturated heterocycles. The highest BCUT2D eigenvalue weighted by Gasteiger charge is 2.07. The van der Waals surface area contributed by atoms with Gasteiger partial charge >= 0.3 is 0 Å². The lowest BCUT2D eigenvalue weighted by atomic mass is 10.4. The van der Waals surface area contributed by atoms with Crippen LogP contribution in [0.15, 0.2) is 17.5 Å². The summed E-state index contributed by atoms with van der Waals surface area (Å²) >= 11 is 1.31. The molecule has 0 atom stereocenters. The molecule has 1 aromatic heterocycles. The zero-order chi connectivity index (χ0) is 11.1. The van der Waals surface area contributed by atoms with Crippen molar-refractivity contribution in [3.05, 3.63) is 22.4 Å². The standard InChI is InChI=1S/C9H12N2O3S/c1-2-14-6-8(12)10-11-9(13)7-4-3-5-15-7/h3-5H,2,6H2,1H3,(H,10,12)(H,11,13). The van der Waals surface area contributed by atoms with Crippen LogP contribution < -0.4 is 10.9 Å². The third-order valence-corrected chi connectivity index (χ3v) is 2.37. The summed E-state index contributed by atoms with van der Waals surface area (Å²) in [5.41, 5.74) is 4.53. The number of hydrogen-bond acceptors (Lipinski definition) is 4. The molecule has 82 valence electrons. The number of rotatable bonds is 4. The Morgan fingerprint density at radius 2 is 2.27 bits per heavy atom. The van der Waals surface area contributed by atoms with Gasteiger partial charge in [0.2, 0.25) is 0 Å². The van der Waals surface area contributed by atoms with Gasteiger partial charge in [0.1, 0.15) is 6.61 Å². The Morgan fingerprint density at radius 3 is 2.87 bits per heavy atom. The van der Waals surface area contributed by atoms with Crippen molar-refractivity contribution >= 4 is 23.2 Å². The van der Waals surface area contributed by atoms with Gasteiger partial charge in [0.15, 0.2) is 0 Å². The molecule has 0 aliphatic carbocycles. The molecule has 2 N–H and O–H groups in total. The highest BCUT2D eigenvalue weighted by atomic mass is 32.1. The van der Waals surface area contributed by atoms with Crippen molar-refractivity contribution in [1.82, 2.24) is 10.9 Å². The van der Waals surface area contributed by atoms with Crippen LogP contribution in [-0.4, -0.2) is 25.0 Å². The van der Waals surface area contributed by atoms with E-state index in [0.29, 0.717) is 11.5 Å². The van der Waals surface area contributed by atoms with E-state index in [1.807, 2.05) is 0 Å². The van der Waals surface area contributed by atoms with Gasteiger partial charge in [-0.25, -0.2) is 0 Å². The van der Waals surface area contributed by atoms with Gasteiger partial charge in [-0.3, -0.25) is 20.4 Å². The molecule has 0 unspecified atom stereocenters. The van der Waals surface area contributed by atoms with E-state index in [0.717, 1.165) is 0 Å². The second-order valence-electron chi connectivity index (χ2n) is 2.62. The van der Waals surface area contributed by atoms with E-state index in [-0.39, 0.29) is 18.4 Å². The quantitative estimate of drug-likeness (QED) is 0.739. The second kappa shape index (κ2) is 6.15. The van der Waals surface area contributed by atoms with Crippen LogP contribution in [-0.2, 0) is 9.53 Å². The first-order valence-corrected chi connectivity index (χ1v) is 5.32. The summed E-state index contributed by atoms with van der Waals surface area (Å²) in [5.74, 6) is -0.698. The number of nitrogens with one attached hydrogen (secondary N) is 2. The SMILES string of the molecule is CCOCC(=O)NNC(=O)c1cccs1. The lowest BCUT2D eigenvalue weighted by Gasteiger charge is -2.05. The van der Waals surface area contributed by atoms with E-state index in [1.54, 1.807) is 24.4 Å². The number of hydrazine groups is 1. The van der Waals surface area contributed by atoms with Crippen molar-refractivity contribution in [2.24, 2.45) is 0 Å². The molecule has 1 heterocycles. The molecule has 0 aliphatic rings. The first-order chi connectivity index (χ1) is 7.24. The average molecular weight is 228 g/mol. The zero-order valence-corrected chi connectivity index (χ0v) is 9.10. The summed E-state index contributed by atoms with van der Waals surface area (Å²) in [6, 6.07) is 3.44. The fraction of sp³-hybridized carbons (Fsp3) is 0.333. The van der Waals surface area contributed by atoms with Gasteiger partial charge in [-0.1, -0.05) is 6.07 Å². The smallest absolute Gasteiger partial charge is 0.279 e. The maximum Gasteiger partial charge on any atom is 0.279 e. The first kappa shape index (κ1) is 11.7. The molecule has 0 saturated carbocycles. The minimum Gasteiger partial charge on any atom is -0.372 e. The fourth-order valence-electron chi connectivity index (χ4n) is 0.827. The average Bonchev–Trinajstić information content (AvgIpc) is 2.76. The molecular formula is C9H12N2O3S. The minimum absolute atomic E-state index is 0.0543. The van der Waals surface area contributed by atoms with E-state index in [1.165, 1.54) is 11.3 Å². The number of ether oxygens (including phenoxy) is 1. The lowest BCUT2D eigenvalue weighted by molar-refractivity contribution is -0.126. The van der Waals surface area contributed by atoms with Gasteiger partial charge < -0.3 is 4.74 Å². The Bertz CT molecular complexity index is 324. The van der Waals surface area contributed by atoms with Crippen molar-refractivity contribution in [1.29, 1.82) is 0 Å². The van der Waals surface area contributed by atoms with E-state index < -0.39 is 0 Å². The Balaban J connectivity index is 2.25. The van der Waals surface area contributed by atoms with E-state index in [2.05, 4.69) is 10.9 Å². The topological polar surface area (TPSA) is 67.4 Å². The molecule has 5 nitrogen and oxygen atoms in total. The van der Waals surface area contributed by atoms with Gasteiger partial charge in [0.25, 0.3) is 11.8 Å². The van der Waals surface area contributed by atoms with Crippen molar-refractivity contribution in [3.63, 3.8) is 0 Å². The lowest BCUT2D eigenvalue weighted by Crippen LogP contribution is -2.43. The van der Waals surface area contributed by atoms with Crippen LogP contribution in [0.2, 0.25) is 0 Å². The fourth-order valence-corrected chi connectivity index (χ4v) is 1.45. The van der Waals surface area contributed by atoms with Gasteiger partial charge in [0.05, 0.1) is 4.88 Å². The largest absolute Gasteiger partial charge is 0.372 e. The normalized spacial score (nSPS) is 9.67. The molecule has 2 amide bonds. The number of amides is 2. The third-order valence-electron chi connectivity index (χ3n) is 1.50. The number of thiophene rings is 1. The van der Waals surface area contributed by atoms with Crippen LogP contribution in [0.3, 0.4) is 0 Å². The molecule has 0 spiro atoms. The summed E-state index contributed by atoms with van der Waals surface area (Å²) in [6.07, 6.45) is 0. The van der Waals surface area contributed by atoms with Crippen LogP contribution >= 0.6 is 11.3 Å². The molecule has 6 heteroatoms. The maximum absolute atomic E-state index is 11.3. The summed E-state index contributed by atoms with van der Waals surface area (Å²) in [5, 5.41) is 1.79. The minimum atomic E-state index is -0.373. The van der Waals surface area contributed by atoms with Gasteiger partial charge in [-0.2, -0.15) is 0 Å². The van der Waals surface area contributed by atoms with Crippen molar-refractivity contribution in [2.45, 2.75) is 6.92 Å². The first-order valence-electron chi connectivity index (χ1n) is 4.44. The highest BCUT2D eigenvalue weighted by molar-refractivity contribution is 7.12. The van der Waals surface area contributed by atoms with Crippen molar-refractivity contribution in [2.75, 3.05) is 13.2 Å². The number of hydrogen-bond donors (Lipinski definition) is 2. The van der Waals surface area contributed by atoms with E-state index >= 15 is 0 Å². The molecule has 1 aromatic rings. The second-order valence-corrected chi connectivity index (χ2v) is 3.56. The van der Waals surface area contributed by atoms with Crippen molar-refractivity contribution < 1.29 is 14.3 Å². The molecule has 0 fully saturated rings. The number of carbonyl (C=O) groups excluding carboxylic acids is 2. The van der Waals surface area contributed by atoms with Crippen LogP contribution in [0, 0.1) is 0 Å². The Hall–Kier alpha value is -1.40. The summed E-state index contributed by atoms with van der Waals surface area (Å²) in [7, 11) is 0. The highest BCUT2D eigenvalue weighted by Crippen LogP contribution is 2.06. The van der Waals surface area contributed by atoms with Crippen LogP contribution in [0.5, 0.6) is 0 Å². The molecule has 15 heavy (non-hydrogen) atoms. The van der Waals surface area contributed by atoms with Gasteiger partial charge in [0, 0.05) is 6.61 Å².